The van der Waals surface area contributed by atoms with Gasteiger partial charge in [-0.1, -0.05) is 0 Å². The van der Waals surface area contributed by atoms with Gasteiger partial charge in [0.05, 0.1) is 18.3 Å². The Balaban J connectivity index is 2.17. The van der Waals surface area contributed by atoms with Crippen molar-refractivity contribution in [2.45, 2.75) is 64.4 Å². The Hall–Kier alpha value is -0.120. The van der Waals surface area contributed by atoms with Gasteiger partial charge in [-0.25, -0.2) is 0 Å². The Bertz CT molecular complexity index is 151. The monoisotopic (exact) mass is 201 g/mol. The van der Waals surface area contributed by atoms with Crippen LogP contribution in [0.3, 0.4) is 0 Å². The number of aliphatic hydroxyl groups excluding tert-OH is 1. The van der Waals surface area contributed by atoms with Crippen molar-refractivity contribution in [2.75, 3.05) is 6.54 Å². The smallest absolute Gasteiger partial charge is 0.0565 e. The van der Waals surface area contributed by atoms with Crippen molar-refractivity contribution in [3.05, 3.63) is 0 Å². The first kappa shape index (κ1) is 12.0. The third-order valence-corrected chi connectivity index (χ3v) is 2.69. The maximum Gasteiger partial charge on any atom is 0.0565 e. The number of nitrogens with one attached hydrogen (secondary N) is 1. The molecule has 0 aromatic rings. The fourth-order valence-electron chi connectivity index (χ4n) is 2.07. The maximum atomic E-state index is 9.12. The number of rotatable bonds is 4. The van der Waals surface area contributed by atoms with Crippen molar-refractivity contribution in [3.8, 4) is 0 Å². The average molecular weight is 201 g/mol. The van der Waals surface area contributed by atoms with Gasteiger partial charge in [-0.05, 0) is 46.6 Å². The molecule has 84 valence electrons. The van der Waals surface area contributed by atoms with Gasteiger partial charge in [-0.3, -0.25) is 0 Å². The first-order valence-corrected chi connectivity index (χ1v) is 5.65. The van der Waals surface area contributed by atoms with E-state index in [0.29, 0.717) is 18.2 Å². The quantitative estimate of drug-likeness (QED) is 0.720. The summed E-state index contributed by atoms with van der Waals surface area (Å²) in [6, 6.07) is 0.562. The molecule has 1 fully saturated rings. The van der Waals surface area contributed by atoms with Gasteiger partial charge in [0.15, 0.2) is 0 Å². The first-order valence-electron chi connectivity index (χ1n) is 5.65. The van der Waals surface area contributed by atoms with Gasteiger partial charge >= 0.3 is 0 Å². The fourth-order valence-corrected chi connectivity index (χ4v) is 2.07. The molecule has 1 saturated heterocycles. The maximum absolute atomic E-state index is 9.12. The van der Waals surface area contributed by atoms with Crippen molar-refractivity contribution < 1.29 is 9.84 Å². The largest absolute Gasteiger partial charge is 0.393 e. The highest BCUT2D eigenvalue weighted by Crippen LogP contribution is 2.18. The minimum atomic E-state index is -0.197. The van der Waals surface area contributed by atoms with Crippen LogP contribution in [0.1, 0.15) is 40.0 Å². The Morgan fingerprint density at radius 1 is 1.36 bits per heavy atom. The fraction of sp³-hybridized carbons (Fsp3) is 1.00. The van der Waals surface area contributed by atoms with Crippen LogP contribution in [0.2, 0.25) is 0 Å². The van der Waals surface area contributed by atoms with Crippen LogP contribution in [-0.4, -0.2) is 36.0 Å². The lowest BCUT2D eigenvalue weighted by atomic mass is 10.00. The van der Waals surface area contributed by atoms with E-state index in [9.17, 15) is 0 Å². The highest BCUT2D eigenvalue weighted by Gasteiger charge is 2.23. The molecular weight excluding hydrogens is 178 g/mol. The number of hydrogen-bond donors (Lipinski definition) is 2. The molecule has 1 heterocycles. The lowest BCUT2D eigenvalue weighted by Crippen LogP contribution is -2.42. The van der Waals surface area contributed by atoms with Crippen molar-refractivity contribution in [1.29, 1.82) is 0 Å². The minimum Gasteiger partial charge on any atom is -0.393 e. The molecule has 0 unspecified atom stereocenters. The Morgan fingerprint density at radius 3 is 2.43 bits per heavy atom. The van der Waals surface area contributed by atoms with E-state index >= 15 is 0 Å². The third kappa shape index (κ3) is 4.40. The van der Waals surface area contributed by atoms with Gasteiger partial charge in [0.25, 0.3) is 0 Å². The lowest BCUT2D eigenvalue weighted by molar-refractivity contribution is -0.0422. The summed E-state index contributed by atoms with van der Waals surface area (Å²) in [7, 11) is 0. The van der Waals surface area contributed by atoms with Crippen LogP contribution in [0.15, 0.2) is 0 Å². The average Bonchev–Trinajstić information content (AvgIpc) is 2.01. The zero-order valence-electron chi connectivity index (χ0n) is 9.49. The van der Waals surface area contributed by atoms with Crippen molar-refractivity contribution >= 4 is 0 Å². The molecule has 14 heavy (non-hydrogen) atoms. The summed E-state index contributed by atoms with van der Waals surface area (Å²) in [4.78, 5) is 0. The van der Waals surface area contributed by atoms with Gasteiger partial charge in [-0.15, -0.1) is 0 Å². The summed E-state index contributed by atoms with van der Waals surface area (Å²) in [5, 5.41) is 12.6. The predicted octanol–water partition coefficient (Wildman–Crippen LogP) is 1.30. The lowest BCUT2D eigenvalue weighted by Gasteiger charge is -2.32. The molecule has 0 aromatic carbocycles. The first-order chi connectivity index (χ1) is 6.58. The molecule has 0 amide bonds. The molecular formula is C11H23NO2. The van der Waals surface area contributed by atoms with Crippen molar-refractivity contribution in [3.63, 3.8) is 0 Å². The SMILES string of the molecule is C[C@H](O)CCNC1C[C@@H](C)O[C@H](C)C1. The zero-order valence-corrected chi connectivity index (χ0v) is 9.49. The van der Waals surface area contributed by atoms with E-state index in [4.69, 9.17) is 9.84 Å². The molecule has 3 nitrogen and oxygen atoms in total. The minimum absolute atomic E-state index is 0.197. The third-order valence-electron chi connectivity index (χ3n) is 2.69. The molecule has 3 atom stereocenters. The summed E-state index contributed by atoms with van der Waals surface area (Å²) in [5.74, 6) is 0. The molecule has 0 bridgehead atoms. The Labute approximate surface area is 86.8 Å². The van der Waals surface area contributed by atoms with Crippen LogP contribution < -0.4 is 5.32 Å². The van der Waals surface area contributed by atoms with Crippen LogP contribution in [0.4, 0.5) is 0 Å². The molecule has 0 radical (unpaired) electrons. The van der Waals surface area contributed by atoms with Crippen LogP contribution in [0, 0.1) is 0 Å². The molecule has 3 heteroatoms. The predicted molar refractivity (Wildman–Crippen MR) is 57.3 cm³/mol. The summed E-state index contributed by atoms with van der Waals surface area (Å²) >= 11 is 0. The molecule has 0 aromatic heterocycles. The van der Waals surface area contributed by atoms with Gasteiger partial charge in [-0.2, -0.15) is 0 Å². The standard InChI is InChI=1S/C11H23NO2/c1-8(13)4-5-12-11-6-9(2)14-10(3)7-11/h8-13H,4-7H2,1-3H3/t8-,9+,10+/m0/s1. The molecule has 1 aliphatic rings. The number of hydrogen-bond acceptors (Lipinski definition) is 3. The summed E-state index contributed by atoms with van der Waals surface area (Å²) in [6.45, 7) is 6.98. The highest BCUT2D eigenvalue weighted by atomic mass is 16.5. The van der Waals surface area contributed by atoms with E-state index in [-0.39, 0.29) is 6.10 Å². The second-order valence-corrected chi connectivity index (χ2v) is 4.52. The molecule has 1 rings (SSSR count). The summed E-state index contributed by atoms with van der Waals surface area (Å²) in [6.07, 6.45) is 3.54. The van der Waals surface area contributed by atoms with E-state index in [1.165, 1.54) is 0 Å². The number of ether oxygens (including phenoxy) is 1. The second kappa shape index (κ2) is 5.69. The van der Waals surface area contributed by atoms with Gasteiger partial charge in [0.1, 0.15) is 0 Å². The van der Waals surface area contributed by atoms with E-state index in [1.54, 1.807) is 0 Å². The van der Waals surface area contributed by atoms with Crippen LogP contribution in [0.25, 0.3) is 0 Å². The van der Waals surface area contributed by atoms with Crippen molar-refractivity contribution in [2.24, 2.45) is 0 Å². The van der Waals surface area contributed by atoms with Gasteiger partial charge in [0, 0.05) is 6.04 Å². The molecule has 0 saturated carbocycles. The molecule has 0 spiro atoms. The van der Waals surface area contributed by atoms with Gasteiger partial charge < -0.3 is 15.2 Å². The Kier molecular flexibility index (Phi) is 4.85. The molecule has 0 aliphatic carbocycles. The number of aliphatic hydroxyl groups is 1. The van der Waals surface area contributed by atoms with Crippen LogP contribution in [0.5, 0.6) is 0 Å². The summed E-state index contributed by atoms with van der Waals surface area (Å²) < 4.78 is 5.65. The van der Waals surface area contributed by atoms with Crippen LogP contribution >= 0.6 is 0 Å². The van der Waals surface area contributed by atoms with Crippen LogP contribution in [-0.2, 0) is 4.74 Å². The highest BCUT2D eigenvalue weighted by molar-refractivity contribution is 4.78. The van der Waals surface area contributed by atoms with Crippen molar-refractivity contribution in [1.82, 2.24) is 5.32 Å². The van der Waals surface area contributed by atoms with E-state index < -0.39 is 0 Å². The topological polar surface area (TPSA) is 41.5 Å². The zero-order chi connectivity index (χ0) is 10.6. The van der Waals surface area contributed by atoms with Gasteiger partial charge in [0.2, 0.25) is 0 Å². The second-order valence-electron chi connectivity index (χ2n) is 4.52. The summed E-state index contributed by atoms with van der Waals surface area (Å²) in [5.41, 5.74) is 0. The molecule has 1 aliphatic heterocycles. The Morgan fingerprint density at radius 2 is 1.93 bits per heavy atom. The van der Waals surface area contributed by atoms with E-state index in [1.807, 2.05) is 6.92 Å². The van der Waals surface area contributed by atoms with E-state index in [2.05, 4.69) is 19.2 Å². The molecule has 2 N–H and O–H groups in total. The normalized spacial score (nSPS) is 35.6. The van der Waals surface area contributed by atoms with E-state index in [0.717, 1.165) is 25.8 Å².